The highest BCUT2D eigenvalue weighted by molar-refractivity contribution is 14.1. The number of hydrogen-bond donors (Lipinski definition) is 0. The summed E-state index contributed by atoms with van der Waals surface area (Å²) < 4.78 is 55.1. The lowest BCUT2D eigenvalue weighted by atomic mass is 10.0. The first kappa shape index (κ1) is 14.1. The standard InChI is InChI=1S/C13H7F4IO/c14-12-9(5-3-6-10(12)18)8-4-1-2-7-11(8)19-13(15,16)17/h1-7H. The molecule has 0 N–H and O–H groups in total. The van der Waals surface area contributed by atoms with Gasteiger partial charge in [0.1, 0.15) is 11.6 Å². The molecule has 2 aromatic carbocycles. The maximum Gasteiger partial charge on any atom is 0.573 e. The Morgan fingerprint density at radius 1 is 0.895 bits per heavy atom. The van der Waals surface area contributed by atoms with E-state index < -0.39 is 17.9 Å². The Morgan fingerprint density at radius 2 is 1.53 bits per heavy atom. The van der Waals surface area contributed by atoms with Crippen molar-refractivity contribution >= 4 is 22.6 Å². The number of hydrogen-bond acceptors (Lipinski definition) is 1. The quantitative estimate of drug-likeness (QED) is 0.525. The third-order valence-electron chi connectivity index (χ3n) is 2.35. The molecule has 0 saturated carbocycles. The second-order valence-corrected chi connectivity index (χ2v) is 4.81. The van der Waals surface area contributed by atoms with Crippen LogP contribution in [0.2, 0.25) is 0 Å². The van der Waals surface area contributed by atoms with Crippen LogP contribution < -0.4 is 4.74 Å². The van der Waals surface area contributed by atoms with E-state index >= 15 is 0 Å². The molecule has 0 amide bonds. The fraction of sp³-hybridized carbons (Fsp3) is 0.0769. The zero-order chi connectivity index (χ0) is 14.0. The third kappa shape index (κ3) is 3.37. The normalized spacial score (nSPS) is 11.4. The average Bonchev–Trinajstić information content (AvgIpc) is 2.32. The molecule has 0 aromatic heterocycles. The minimum Gasteiger partial charge on any atom is -0.405 e. The van der Waals surface area contributed by atoms with Crippen molar-refractivity contribution in [2.75, 3.05) is 0 Å². The number of rotatable bonds is 2. The highest BCUT2D eigenvalue weighted by Gasteiger charge is 2.32. The monoisotopic (exact) mass is 382 g/mol. The summed E-state index contributed by atoms with van der Waals surface area (Å²) in [6.07, 6.45) is -4.81. The Morgan fingerprint density at radius 3 is 2.21 bits per heavy atom. The number of alkyl halides is 3. The Bertz CT molecular complexity index is 595. The van der Waals surface area contributed by atoms with Crippen molar-refractivity contribution in [2.24, 2.45) is 0 Å². The van der Waals surface area contributed by atoms with Crippen LogP contribution in [0.25, 0.3) is 11.1 Å². The van der Waals surface area contributed by atoms with Gasteiger partial charge in [0, 0.05) is 14.7 Å². The molecule has 19 heavy (non-hydrogen) atoms. The van der Waals surface area contributed by atoms with Crippen molar-refractivity contribution in [3.63, 3.8) is 0 Å². The lowest BCUT2D eigenvalue weighted by Crippen LogP contribution is -2.17. The zero-order valence-electron chi connectivity index (χ0n) is 9.34. The predicted molar refractivity (Wildman–Crippen MR) is 71.2 cm³/mol. The molecular formula is C13H7F4IO. The van der Waals surface area contributed by atoms with Crippen LogP contribution >= 0.6 is 22.6 Å². The van der Waals surface area contributed by atoms with Gasteiger partial charge in [-0.1, -0.05) is 30.3 Å². The van der Waals surface area contributed by atoms with Crippen LogP contribution in [0.4, 0.5) is 17.6 Å². The van der Waals surface area contributed by atoms with E-state index in [1.807, 2.05) is 0 Å². The maximum atomic E-state index is 14.0. The molecule has 1 nitrogen and oxygen atoms in total. The molecule has 6 heteroatoms. The molecule has 0 radical (unpaired) electrons. The van der Waals surface area contributed by atoms with Gasteiger partial charge in [-0.05, 0) is 34.7 Å². The Labute approximate surface area is 120 Å². The Balaban J connectivity index is 2.54. The van der Waals surface area contributed by atoms with E-state index in [-0.39, 0.29) is 11.1 Å². The van der Waals surface area contributed by atoms with Gasteiger partial charge in [0.15, 0.2) is 0 Å². The molecule has 0 fully saturated rings. The Hall–Kier alpha value is -1.31. The molecule has 0 saturated heterocycles. The fourth-order valence-electron chi connectivity index (χ4n) is 1.61. The van der Waals surface area contributed by atoms with Crippen LogP contribution in [0.3, 0.4) is 0 Å². The van der Waals surface area contributed by atoms with Crippen LogP contribution in [0.1, 0.15) is 0 Å². The molecular weight excluding hydrogens is 375 g/mol. The summed E-state index contributed by atoms with van der Waals surface area (Å²) >= 11 is 1.78. The zero-order valence-corrected chi connectivity index (χ0v) is 11.5. The molecule has 0 bridgehead atoms. The van der Waals surface area contributed by atoms with Gasteiger partial charge >= 0.3 is 6.36 Å². The molecule has 2 rings (SSSR count). The first-order chi connectivity index (χ1) is 8.88. The van der Waals surface area contributed by atoms with Gasteiger partial charge in [-0.2, -0.15) is 0 Å². The number of para-hydroxylation sites is 1. The van der Waals surface area contributed by atoms with Gasteiger partial charge in [0.05, 0.1) is 0 Å². The van der Waals surface area contributed by atoms with Crippen LogP contribution in [-0.2, 0) is 0 Å². The van der Waals surface area contributed by atoms with Gasteiger partial charge in [-0.15, -0.1) is 13.2 Å². The van der Waals surface area contributed by atoms with Gasteiger partial charge < -0.3 is 4.74 Å². The van der Waals surface area contributed by atoms with Gasteiger partial charge in [-0.25, -0.2) is 4.39 Å². The second kappa shape index (κ2) is 5.36. The van der Waals surface area contributed by atoms with Crippen LogP contribution in [-0.4, -0.2) is 6.36 Å². The van der Waals surface area contributed by atoms with Crippen molar-refractivity contribution in [1.29, 1.82) is 0 Å². The smallest absolute Gasteiger partial charge is 0.405 e. The minimum atomic E-state index is -4.81. The molecule has 0 aliphatic carbocycles. The topological polar surface area (TPSA) is 9.23 Å². The first-order valence-electron chi connectivity index (χ1n) is 5.17. The van der Waals surface area contributed by atoms with Crippen molar-refractivity contribution in [1.82, 2.24) is 0 Å². The van der Waals surface area contributed by atoms with Crippen molar-refractivity contribution in [2.45, 2.75) is 6.36 Å². The maximum absolute atomic E-state index is 14.0. The Kier molecular flexibility index (Phi) is 3.98. The minimum absolute atomic E-state index is 0.0656. The summed E-state index contributed by atoms with van der Waals surface area (Å²) in [5, 5.41) is 0. The van der Waals surface area contributed by atoms with Crippen LogP contribution in [0.15, 0.2) is 42.5 Å². The van der Waals surface area contributed by atoms with E-state index in [2.05, 4.69) is 4.74 Å². The second-order valence-electron chi connectivity index (χ2n) is 3.65. The molecule has 0 heterocycles. The van der Waals surface area contributed by atoms with Gasteiger partial charge in [0.2, 0.25) is 0 Å². The van der Waals surface area contributed by atoms with Gasteiger partial charge in [-0.3, -0.25) is 0 Å². The van der Waals surface area contributed by atoms with E-state index in [9.17, 15) is 17.6 Å². The lowest BCUT2D eigenvalue weighted by Gasteiger charge is -2.14. The first-order valence-corrected chi connectivity index (χ1v) is 6.25. The molecule has 0 aliphatic rings. The summed E-state index contributed by atoms with van der Waals surface area (Å²) in [5.41, 5.74) is 0.141. The SMILES string of the molecule is Fc1c(I)cccc1-c1ccccc1OC(F)(F)F. The summed E-state index contributed by atoms with van der Waals surface area (Å²) in [4.78, 5) is 0. The number of benzene rings is 2. The third-order valence-corrected chi connectivity index (χ3v) is 3.19. The highest BCUT2D eigenvalue weighted by atomic mass is 127. The molecule has 0 unspecified atom stereocenters. The molecule has 0 aliphatic heterocycles. The van der Waals surface area contributed by atoms with E-state index in [1.165, 1.54) is 30.3 Å². The summed E-state index contributed by atoms with van der Waals surface area (Å²) in [7, 11) is 0. The van der Waals surface area contributed by atoms with E-state index in [0.29, 0.717) is 3.57 Å². The largest absolute Gasteiger partial charge is 0.573 e. The van der Waals surface area contributed by atoms with Crippen molar-refractivity contribution in [3.05, 3.63) is 51.9 Å². The fourth-order valence-corrected chi connectivity index (χ4v) is 2.11. The molecule has 100 valence electrons. The highest BCUT2D eigenvalue weighted by Crippen LogP contribution is 2.35. The van der Waals surface area contributed by atoms with Gasteiger partial charge in [0.25, 0.3) is 0 Å². The molecule has 0 atom stereocenters. The average molecular weight is 382 g/mol. The number of halogens is 5. The van der Waals surface area contributed by atoms with E-state index in [4.69, 9.17) is 0 Å². The molecule has 2 aromatic rings. The predicted octanol–water partition coefficient (Wildman–Crippen LogP) is 5.00. The lowest BCUT2D eigenvalue weighted by molar-refractivity contribution is -0.274. The molecule has 0 spiro atoms. The van der Waals surface area contributed by atoms with Crippen LogP contribution in [0.5, 0.6) is 5.75 Å². The van der Waals surface area contributed by atoms with Crippen molar-refractivity contribution < 1.29 is 22.3 Å². The summed E-state index contributed by atoms with van der Waals surface area (Å²) in [6.45, 7) is 0. The summed E-state index contributed by atoms with van der Waals surface area (Å²) in [5.74, 6) is -0.989. The van der Waals surface area contributed by atoms with Crippen LogP contribution in [0, 0.1) is 9.39 Å². The van der Waals surface area contributed by atoms with E-state index in [1.54, 1.807) is 28.7 Å². The number of ether oxygens (including phenoxy) is 1. The van der Waals surface area contributed by atoms with Crippen molar-refractivity contribution in [3.8, 4) is 16.9 Å². The van der Waals surface area contributed by atoms with E-state index in [0.717, 1.165) is 6.07 Å². The summed E-state index contributed by atoms with van der Waals surface area (Å²) in [6, 6.07) is 9.99.